The second-order valence-corrected chi connectivity index (χ2v) is 9.31. The molecule has 1 N–H and O–H groups in total. The lowest BCUT2D eigenvalue weighted by Gasteiger charge is -2.30. The van der Waals surface area contributed by atoms with E-state index < -0.39 is 34.3 Å². The lowest BCUT2D eigenvalue weighted by Crippen LogP contribution is -2.51. The highest BCUT2D eigenvalue weighted by Crippen LogP contribution is 2.13. The molecule has 1 aromatic rings. The summed E-state index contributed by atoms with van der Waals surface area (Å²) in [6.45, 7) is 2.25. The number of carbonyl (C=O) groups excluding carboxylic acids is 2. The molecule has 0 spiro atoms. The number of nitrogens with zero attached hydrogens (tertiary/aromatic N) is 2. The van der Waals surface area contributed by atoms with E-state index in [1.165, 1.54) is 36.2 Å². The molecule has 1 aliphatic rings. The predicted molar refractivity (Wildman–Crippen MR) is 106 cm³/mol. The largest absolute Gasteiger partial charge is 0.376 e. The first kappa shape index (κ1) is 23.2. The summed E-state index contributed by atoms with van der Waals surface area (Å²) < 4.78 is 42.9. The SMILES string of the molecule is CC(C(=O)NCC1CCCO1)N(Cc1ccc(F)cc1)C(=O)CN(C)S(C)(=O)=O. The van der Waals surface area contributed by atoms with E-state index in [1.807, 2.05) is 0 Å². The van der Waals surface area contributed by atoms with Crippen molar-refractivity contribution in [3.05, 3.63) is 35.6 Å². The fraction of sp³-hybridized carbons (Fsp3) is 0.579. The molecular formula is C19H28FN3O5S. The summed E-state index contributed by atoms with van der Waals surface area (Å²) in [5, 5.41) is 2.79. The molecule has 2 atom stereocenters. The van der Waals surface area contributed by atoms with Gasteiger partial charge in [0.05, 0.1) is 18.9 Å². The smallest absolute Gasteiger partial charge is 0.242 e. The van der Waals surface area contributed by atoms with Crippen LogP contribution in [0.2, 0.25) is 0 Å². The van der Waals surface area contributed by atoms with Gasteiger partial charge in [-0.25, -0.2) is 12.8 Å². The van der Waals surface area contributed by atoms with Gasteiger partial charge in [0.2, 0.25) is 21.8 Å². The summed E-state index contributed by atoms with van der Waals surface area (Å²) in [7, 11) is -2.26. The van der Waals surface area contributed by atoms with Crippen LogP contribution in [0.25, 0.3) is 0 Å². The summed E-state index contributed by atoms with van der Waals surface area (Å²) in [4.78, 5) is 26.7. The number of benzene rings is 1. The third-order valence-corrected chi connectivity index (χ3v) is 6.15. The van der Waals surface area contributed by atoms with Crippen molar-refractivity contribution in [1.82, 2.24) is 14.5 Å². The van der Waals surface area contributed by atoms with Crippen molar-refractivity contribution in [3.8, 4) is 0 Å². The third-order valence-electron chi connectivity index (χ3n) is 4.89. The van der Waals surface area contributed by atoms with E-state index >= 15 is 0 Å². The van der Waals surface area contributed by atoms with E-state index in [-0.39, 0.29) is 18.6 Å². The standard InChI is InChI=1S/C19H28FN3O5S/c1-14(19(25)21-11-17-5-4-10-28-17)23(12-15-6-8-16(20)9-7-15)18(24)13-22(2)29(3,26)27/h6-9,14,17H,4-5,10-13H2,1-3H3,(H,21,25). The molecule has 2 rings (SSSR count). The molecule has 0 radical (unpaired) electrons. The van der Waals surface area contributed by atoms with E-state index in [0.29, 0.717) is 18.7 Å². The first-order valence-electron chi connectivity index (χ1n) is 9.42. The molecule has 0 aromatic heterocycles. The lowest BCUT2D eigenvalue weighted by atomic mass is 10.1. The van der Waals surface area contributed by atoms with Crippen LogP contribution < -0.4 is 5.32 Å². The van der Waals surface area contributed by atoms with Crippen LogP contribution in [0, 0.1) is 5.82 Å². The Balaban J connectivity index is 2.11. The second-order valence-electron chi connectivity index (χ2n) is 7.22. The number of likely N-dealkylation sites (N-methyl/N-ethyl adjacent to an activating group) is 1. The molecule has 1 fully saturated rings. The molecule has 0 aliphatic carbocycles. The maximum Gasteiger partial charge on any atom is 0.242 e. The zero-order valence-corrected chi connectivity index (χ0v) is 17.7. The Bertz CT molecular complexity index is 810. The average Bonchev–Trinajstić information content (AvgIpc) is 3.17. The van der Waals surface area contributed by atoms with Gasteiger partial charge in [0.25, 0.3) is 0 Å². The van der Waals surface area contributed by atoms with Gasteiger partial charge < -0.3 is 15.0 Å². The van der Waals surface area contributed by atoms with Crippen molar-refractivity contribution in [2.45, 2.75) is 38.5 Å². The second kappa shape index (κ2) is 10.1. The maximum absolute atomic E-state index is 13.2. The molecule has 29 heavy (non-hydrogen) atoms. The molecule has 8 nitrogen and oxygen atoms in total. The Labute approximate surface area is 171 Å². The number of hydrogen-bond acceptors (Lipinski definition) is 5. The van der Waals surface area contributed by atoms with E-state index in [1.54, 1.807) is 6.92 Å². The van der Waals surface area contributed by atoms with Gasteiger partial charge in [0.1, 0.15) is 11.9 Å². The van der Waals surface area contributed by atoms with Crippen LogP contribution >= 0.6 is 0 Å². The zero-order chi connectivity index (χ0) is 21.6. The number of amides is 2. The first-order valence-corrected chi connectivity index (χ1v) is 11.3. The van der Waals surface area contributed by atoms with Gasteiger partial charge in [-0.3, -0.25) is 9.59 Å². The topological polar surface area (TPSA) is 96.0 Å². The Morgan fingerprint density at radius 3 is 2.52 bits per heavy atom. The fourth-order valence-corrected chi connectivity index (χ4v) is 3.28. The van der Waals surface area contributed by atoms with E-state index in [0.717, 1.165) is 23.4 Å². The van der Waals surface area contributed by atoms with Gasteiger partial charge in [-0.2, -0.15) is 4.31 Å². The van der Waals surface area contributed by atoms with Gasteiger partial charge in [0.15, 0.2) is 0 Å². The quantitative estimate of drug-likeness (QED) is 0.624. The van der Waals surface area contributed by atoms with Crippen LogP contribution in [-0.2, 0) is 30.9 Å². The highest BCUT2D eigenvalue weighted by molar-refractivity contribution is 7.88. The predicted octanol–water partition coefficient (Wildman–Crippen LogP) is 0.729. The van der Waals surface area contributed by atoms with Crippen LogP contribution in [0.4, 0.5) is 4.39 Å². The molecule has 2 amide bonds. The molecule has 0 bridgehead atoms. The summed E-state index contributed by atoms with van der Waals surface area (Å²) in [5.74, 6) is -1.30. The van der Waals surface area contributed by atoms with Crippen LogP contribution in [-0.4, -0.2) is 74.6 Å². The maximum atomic E-state index is 13.2. The van der Waals surface area contributed by atoms with Gasteiger partial charge in [-0.15, -0.1) is 0 Å². The summed E-state index contributed by atoms with van der Waals surface area (Å²) in [6.07, 6.45) is 2.78. The highest BCUT2D eigenvalue weighted by atomic mass is 32.2. The number of sulfonamides is 1. The minimum absolute atomic E-state index is 0.0382. The van der Waals surface area contributed by atoms with Crippen molar-refractivity contribution in [3.63, 3.8) is 0 Å². The van der Waals surface area contributed by atoms with Crippen LogP contribution in [0.3, 0.4) is 0 Å². The summed E-state index contributed by atoms with van der Waals surface area (Å²) in [6, 6.07) is 4.73. The lowest BCUT2D eigenvalue weighted by molar-refractivity contribution is -0.140. The first-order chi connectivity index (χ1) is 13.6. The zero-order valence-electron chi connectivity index (χ0n) is 16.9. The Morgan fingerprint density at radius 2 is 1.97 bits per heavy atom. The minimum Gasteiger partial charge on any atom is -0.376 e. The molecule has 2 unspecified atom stereocenters. The number of halogens is 1. The van der Waals surface area contributed by atoms with Crippen molar-refractivity contribution < 1.29 is 27.1 Å². The van der Waals surface area contributed by atoms with Gasteiger partial charge in [0, 0.05) is 26.7 Å². The molecule has 1 aromatic carbocycles. The molecule has 162 valence electrons. The molecule has 1 heterocycles. The number of ether oxygens (including phenoxy) is 1. The van der Waals surface area contributed by atoms with Gasteiger partial charge in [-0.05, 0) is 37.5 Å². The van der Waals surface area contributed by atoms with Crippen LogP contribution in [0.1, 0.15) is 25.3 Å². The molecule has 10 heteroatoms. The number of hydrogen-bond donors (Lipinski definition) is 1. The van der Waals surface area contributed by atoms with Crippen molar-refractivity contribution in [1.29, 1.82) is 0 Å². The average molecular weight is 430 g/mol. The van der Waals surface area contributed by atoms with Crippen molar-refractivity contribution in [2.24, 2.45) is 0 Å². The Kier molecular flexibility index (Phi) is 8.12. The molecule has 1 aliphatic heterocycles. The van der Waals surface area contributed by atoms with E-state index in [2.05, 4.69) is 5.32 Å². The van der Waals surface area contributed by atoms with Crippen LogP contribution in [0.5, 0.6) is 0 Å². The molecular weight excluding hydrogens is 401 g/mol. The Morgan fingerprint density at radius 1 is 1.31 bits per heavy atom. The van der Waals surface area contributed by atoms with Crippen molar-refractivity contribution in [2.75, 3.05) is 33.0 Å². The van der Waals surface area contributed by atoms with E-state index in [9.17, 15) is 22.4 Å². The number of nitrogens with one attached hydrogen (secondary N) is 1. The van der Waals surface area contributed by atoms with E-state index in [4.69, 9.17) is 4.74 Å². The monoisotopic (exact) mass is 429 g/mol. The molecule has 1 saturated heterocycles. The van der Waals surface area contributed by atoms with Crippen molar-refractivity contribution >= 4 is 21.8 Å². The highest BCUT2D eigenvalue weighted by Gasteiger charge is 2.29. The minimum atomic E-state index is -3.56. The van der Waals surface area contributed by atoms with Gasteiger partial charge >= 0.3 is 0 Å². The summed E-state index contributed by atoms with van der Waals surface area (Å²) in [5.41, 5.74) is 0.625. The molecule has 0 saturated carbocycles. The van der Waals surface area contributed by atoms with Crippen LogP contribution in [0.15, 0.2) is 24.3 Å². The number of rotatable bonds is 9. The fourth-order valence-electron chi connectivity index (χ4n) is 2.94. The van der Waals surface area contributed by atoms with Gasteiger partial charge in [-0.1, -0.05) is 12.1 Å². The number of carbonyl (C=O) groups is 2. The normalized spacial score (nSPS) is 17.9. The summed E-state index contributed by atoms with van der Waals surface area (Å²) >= 11 is 0. The third kappa shape index (κ3) is 7.06. The Hall–Kier alpha value is -2.04.